The number of unbranched alkanes of at least 4 members (excludes halogenated alkanes) is 1. The fourth-order valence-corrected chi connectivity index (χ4v) is 1.65. The van der Waals surface area contributed by atoms with Crippen LogP contribution in [0.2, 0.25) is 0 Å². The normalized spacial score (nSPS) is 9.73. The van der Waals surface area contributed by atoms with Crippen LogP contribution in [0.4, 0.5) is 0 Å². The van der Waals surface area contributed by atoms with E-state index in [9.17, 15) is 9.59 Å². The highest BCUT2D eigenvalue weighted by Crippen LogP contribution is 2.28. The average Bonchev–Trinajstić information content (AvgIpc) is 2.56. The Morgan fingerprint density at radius 2 is 1.86 bits per heavy atom. The van der Waals surface area contributed by atoms with Crippen LogP contribution in [0.5, 0.6) is 11.5 Å². The highest BCUT2D eigenvalue weighted by atomic mass is 16.5. The second-order valence-corrected chi connectivity index (χ2v) is 4.28. The van der Waals surface area contributed by atoms with E-state index in [0.29, 0.717) is 43.1 Å². The van der Waals surface area contributed by atoms with Gasteiger partial charge in [0.2, 0.25) is 0 Å². The summed E-state index contributed by atoms with van der Waals surface area (Å²) < 4.78 is 20.3. The molecule has 0 radical (unpaired) electrons. The zero-order chi connectivity index (χ0) is 16.4. The lowest BCUT2D eigenvalue weighted by Crippen LogP contribution is -2.06. The zero-order valence-corrected chi connectivity index (χ0v) is 12.8. The van der Waals surface area contributed by atoms with E-state index in [1.54, 1.807) is 18.2 Å². The summed E-state index contributed by atoms with van der Waals surface area (Å²) in [6, 6.07) is 4.82. The lowest BCUT2D eigenvalue weighted by atomic mass is 10.2. The van der Waals surface area contributed by atoms with Crippen LogP contribution in [0, 0.1) is 0 Å². The number of methoxy groups -OCH3 is 2. The minimum absolute atomic E-state index is 0.326. The largest absolute Gasteiger partial charge is 0.493 e. The summed E-state index contributed by atoms with van der Waals surface area (Å²) >= 11 is 0. The molecule has 0 fully saturated rings. The maximum absolute atomic E-state index is 11.4. The van der Waals surface area contributed by atoms with Crippen LogP contribution >= 0.6 is 0 Å². The maximum atomic E-state index is 11.4. The molecule has 6 nitrogen and oxygen atoms in total. The minimum atomic E-state index is -0.436. The summed E-state index contributed by atoms with van der Waals surface area (Å²) in [7, 11) is 2.82. The summed E-state index contributed by atoms with van der Waals surface area (Å²) in [4.78, 5) is 22.3. The van der Waals surface area contributed by atoms with Crippen molar-refractivity contribution in [2.75, 3.05) is 27.4 Å². The highest BCUT2D eigenvalue weighted by molar-refractivity contribution is 5.90. The van der Waals surface area contributed by atoms with E-state index in [1.165, 1.54) is 14.2 Å². The molecule has 0 saturated heterocycles. The van der Waals surface area contributed by atoms with Crippen molar-refractivity contribution in [3.63, 3.8) is 0 Å². The average molecular weight is 308 g/mol. The predicted octanol–water partition coefficient (Wildman–Crippen LogP) is 2.37. The standard InChI is InChI=1S/C16H20O6/c1-4-15(17)22-10-6-5-9-21-13-8-7-12(16(18)20-3)11-14(13)19-2/h4,7-8,11H,1,5-6,9-10H2,2-3H3. The third-order valence-electron chi connectivity index (χ3n) is 2.79. The van der Waals surface area contributed by atoms with Gasteiger partial charge in [0.15, 0.2) is 11.5 Å². The van der Waals surface area contributed by atoms with Crippen molar-refractivity contribution < 1.29 is 28.5 Å². The molecular weight excluding hydrogens is 288 g/mol. The second-order valence-electron chi connectivity index (χ2n) is 4.28. The van der Waals surface area contributed by atoms with E-state index in [1.807, 2.05) is 0 Å². The van der Waals surface area contributed by atoms with Gasteiger partial charge in [0, 0.05) is 6.08 Å². The molecule has 0 bridgehead atoms. The number of carbonyl (C=O) groups is 2. The van der Waals surface area contributed by atoms with Gasteiger partial charge in [-0.2, -0.15) is 0 Å². The summed E-state index contributed by atoms with van der Waals surface area (Å²) in [5, 5.41) is 0. The summed E-state index contributed by atoms with van der Waals surface area (Å²) in [6.07, 6.45) is 2.53. The van der Waals surface area contributed by atoms with Crippen molar-refractivity contribution in [3.05, 3.63) is 36.4 Å². The third-order valence-corrected chi connectivity index (χ3v) is 2.79. The smallest absolute Gasteiger partial charge is 0.337 e. The van der Waals surface area contributed by atoms with Crippen molar-refractivity contribution in [1.29, 1.82) is 0 Å². The Balaban J connectivity index is 2.44. The molecular formula is C16H20O6. The van der Waals surface area contributed by atoms with Crippen LogP contribution in [-0.2, 0) is 14.3 Å². The molecule has 0 heterocycles. The van der Waals surface area contributed by atoms with E-state index in [-0.39, 0.29) is 0 Å². The van der Waals surface area contributed by atoms with Gasteiger partial charge < -0.3 is 18.9 Å². The van der Waals surface area contributed by atoms with E-state index < -0.39 is 11.9 Å². The van der Waals surface area contributed by atoms with Crippen molar-refractivity contribution in [1.82, 2.24) is 0 Å². The molecule has 0 spiro atoms. The molecule has 0 aliphatic rings. The van der Waals surface area contributed by atoms with Crippen molar-refractivity contribution in [2.24, 2.45) is 0 Å². The van der Waals surface area contributed by atoms with Crippen LogP contribution in [0.25, 0.3) is 0 Å². The highest BCUT2D eigenvalue weighted by Gasteiger charge is 2.11. The van der Waals surface area contributed by atoms with Gasteiger partial charge >= 0.3 is 11.9 Å². The number of benzene rings is 1. The molecule has 0 atom stereocenters. The molecule has 0 amide bonds. The minimum Gasteiger partial charge on any atom is -0.493 e. The lowest BCUT2D eigenvalue weighted by molar-refractivity contribution is -0.137. The van der Waals surface area contributed by atoms with Gasteiger partial charge in [-0.05, 0) is 31.0 Å². The Morgan fingerprint density at radius 1 is 1.14 bits per heavy atom. The van der Waals surface area contributed by atoms with E-state index in [2.05, 4.69) is 11.3 Å². The number of carbonyl (C=O) groups excluding carboxylic acids is 2. The van der Waals surface area contributed by atoms with E-state index in [0.717, 1.165) is 6.08 Å². The number of rotatable bonds is 9. The van der Waals surface area contributed by atoms with Crippen LogP contribution in [0.3, 0.4) is 0 Å². The summed E-state index contributed by atoms with van der Waals surface area (Å²) in [5.41, 5.74) is 0.392. The van der Waals surface area contributed by atoms with Gasteiger partial charge in [0.05, 0.1) is 33.0 Å². The maximum Gasteiger partial charge on any atom is 0.337 e. The van der Waals surface area contributed by atoms with Crippen molar-refractivity contribution in [3.8, 4) is 11.5 Å². The Hall–Kier alpha value is -2.50. The predicted molar refractivity (Wildman–Crippen MR) is 80.2 cm³/mol. The number of hydrogen-bond donors (Lipinski definition) is 0. The molecule has 0 aliphatic carbocycles. The van der Waals surface area contributed by atoms with Crippen molar-refractivity contribution >= 4 is 11.9 Å². The van der Waals surface area contributed by atoms with Crippen molar-refractivity contribution in [2.45, 2.75) is 12.8 Å². The summed E-state index contributed by atoms with van der Waals surface area (Å²) in [6.45, 7) is 4.08. The molecule has 1 aromatic carbocycles. The first-order valence-corrected chi connectivity index (χ1v) is 6.80. The lowest BCUT2D eigenvalue weighted by Gasteiger charge is -2.11. The van der Waals surface area contributed by atoms with Gasteiger partial charge in [-0.15, -0.1) is 0 Å². The topological polar surface area (TPSA) is 71.1 Å². The van der Waals surface area contributed by atoms with Gasteiger partial charge in [0.25, 0.3) is 0 Å². The number of hydrogen-bond acceptors (Lipinski definition) is 6. The monoisotopic (exact) mass is 308 g/mol. The van der Waals surface area contributed by atoms with E-state index in [4.69, 9.17) is 14.2 Å². The molecule has 22 heavy (non-hydrogen) atoms. The third kappa shape index (κ3) is 5.47. The first-order valence-electron chi connectivity index (χ1n) is 6.80. The van der Waals surface area contributed by atoms with Gasteiger partial charge in [-0.25, -0.2) is 9.59 Å². The molecule has 0 unspecified atom stereocenters. The molecule has 120 valence electrons. The van der Waals surface area contributed by atoms with Gasteiger partial charge in [-0.1, -0.05) is 6.58 Å². The van der Waals surface area contributed by atoms with Crippen LogP contribution in [0.1, 0.15) is 23.2 Å². The number of ether oxygens (including phenoxy) is 4. The van der Waals surface area contributed by atoms with Gasteiger partial charge in [0.1, 0.15) is 0 Å². The second kappa shape index (κ2) is 9.44. The zero-order valence-electron chi connectivity index (χ0n) is 12.8. The molecule has 0 aromatic heterocycles. The number of esters is 2. The Bertz CT molecular complexity index is 523. The molecule has 6 heteroatoms. The Morgan fingerprint density at radius 3 is 2.50 bits per heavy atom. The van der Waals surface area contributed by atoms with Crippen LogP contribution < -0.4 is 9.47 Å². The first kappa shape index (κ1) is 17.6. The Kier molecular flexibility index (Phi) is 7.53. The molecule has 0 saturated carbocycles. The first-order chi connectivity index (χ1) is 10.6. The molecule has 1 rings (SSSR count). The van der Waals surface area contributed by atoms with Crippen LogP contribution in [0.15, 0.2) is 30.9 Å². The SMILES string of the molecule is C=CC(=O)OCCCCOc1ccc(C(=O)OC)cc1OC. The Labute approximate surface area is 129 Å². The quantitative estimate of drug-likeness (QED) is 0.396. The van der Waals surface area contributed by atoms with Gasteiger partial charge in [-0.3, -0.25) is 0 Å². The fourth-order valence-electron chi connectivity index (χ4n) is 1.65. The molecule has 0 aliphatic heterocycles. The van der Waals surface area contributed by atoms with Crippen LogP contribution in [-0.4, -0.2) is 39.4 Å². The fraction of sp³-hybridized carbons (Fsp3) is 0.375. The summed E-state index contributed by atoms with van der Waals surface area (Å²) in [5.74, 6) is 0.133. The molecule has 1 aromatic rings. The molecule has 0 N–H and O–H groups in total. The van der Waals surface area contributed by atoms with E-state index >= 15 is 0 Å².